The molecule has 0 radical (unpaired) electrons. The lowest BCUT2D eigenvalue weighted by Gasteiger charge is -2.11. The van der Waals surface area contributed by atoms with E-state index < -0.39 is 5.82 Å². The quantitative estimate of drug-likeness (QED) is 0.747. The molecule has 1 unspecified atom stereocenters. The third-order valence-electron chi connectivity index (χ3n) is 2.70. The van der Waals surface area contributed by atoms with Gasteiger partial charge in [-0.15, -0.1) is 0 Å². The minimum Gasteiger partial charge on any atom is -0.397 e. The maximum absolute atomic E-state index is 12.8. The van der Waals surface area contributed by atoms with E-state index in [1.54, 1.807) is 0 Å². The molecule has 0 saturated heterocycles. The maximum atomic E-state index is 12.8. The Morgan fingerprint density at radius 2 is 2.26 bits per heavy atom. The van der Waals surface area contributed by atoms with Gasteiger partial charge in [0.1, 0.15) is 12.4 Å². The first-order valence-corrected chi connectivity index (χ1v) is 6.45. The average Bonchev–Trinajstić information content (AvgIpc) is 2.33. The number of hydrogen-bond acceptors (Lipinski definition) is 3. The first kappa shape index (κ1) is 15.4. The molecule has 19 heavy (non-hydrogen) atoms. The van der Waals surface area contributed by atoms with Gasteiger partial charge in [0.15, 0.2) is 0 Å². The molecule has 0 spiro atoms. The van der Waals surface area contributed by atoms with Gasteiger partial charge in [0.2, 0.25) is 5.91 Å². The van der Waals surface area contributed by atoms with Crippen molar-refractivity contribution in [2.75, 3.05) is 24.3 Å². The Hall–Kier alpha value is -1.62. The van der Waals surface area contributed by atoms with Crippen molar-refractivity contribution in [3.63, 3.8) is 0 Å². The van der Waals surface area contributed by atoms with Crippen molar-refractivity contribution in [1.82, 2.24) is 0 Å². The number of nitrogens with two attached hydrogens (primary N) is 1. The Bertz CT molecular complexity index is 424. The van der Waals surface area contributed by atoms with Crippen molar-refractivity contribution >= 4 is 17.3 Å². The number of carbonyl (C=O) groups excluding carboxylic acids is 1. The lowest BCUT2D eigenvalue weighted by Crippen LogP contribution is -2.20. The van der Waals surface area contributed by atoms with Gasteiger partial charge >= 0.3 is 0 Å². The molecular weight excluding hydrogens is 247 g/mol. The number of ether oxygens (including phenoxy) is 1. The normalized spacial score (nSPS) is 12.2. The Labute approximate surface area is 113 Å². The molecule has 0 fully saturated rings. The van der Waals surface area contributed by atoms with Crippen LogP contribution >= 0.6 is 0 Å². The van der Waals surface area contributed by atoms with Crippen molar-refractivity contribution in [3.8, 4) is 0 Å². The molecule has 0 aliphatic heterocycles. The van der Waals surface area contributed by atoms with E-state index in [4.69, 9.17) is 10.5 Å². The van der Waals surface area contributed by atoms with Gasteiger partial charge in [-0.2, -0.15) is 0 Å². The van der Waals surface area contributed by atoms with Crippen LogP contribution in [0.3, 0.4) is 0 Å². The molecule has 5 heteroatoms. The molecule has 0 aliphatic carbocycles. The number of anilines is 2. The lowest BCUT2D eigenvalue weighted by molar-refractivity contribution is -0.121. The van der Waals surface area contributed by atoms with Crippen molar-refractivity contribution in [3.05, 3.63) is 24.0 Å². The smallest absolute Gasteiger partial charge is 0.250 e. The van der Waals surface area contributed by atoms with Gasteiger partial charge in [0, 0.05) is 6.61 Å². The third-order valence-corrected chi connectivity index (χ3v) is 2.70. The van der Waals surface area contributed by atoms with Gasteiger partial charge in [0.05, 0.1) is 11.4 Å². The van der Waals surface area contributed by atoms with E-state index in [2.05, 4.69) is 19.2 Å². The summed E-state index contributed by atoms with van der Waals surface area (Å²) in [5.41, 5.74) is 6.19. The van der Waals surface area contributed by atoms with E-state index in [-0.39, 0.29) is 18.2 Å². The first-order chi connectivity index (χ1) is 9.02. The molecule has 0 heterocycles. The molecule has 0 aromatic heterocycles. The SMILES string of the molecule is CCCC(C)COCC(=O)Nc1ccc(F)cc1N. The molecule has 1 atom stereocenters. The van der Waals surface area contributed by atoms with Crippen molar-refractivity contribution in [2.24, 2.45) is 5.92 Å². The van der Waals surface area contributed by atoms with Crippen molar-refractivity contribution in [2.45, 2.75) is 26.7 Å². The van der Waals surface area contributed by atoms with E-state index in [1.165, 1.54) is 18.2 Å². The second-order valence-electron chi connectivity index (χ2n) is 4.69. The topological polar surface area (TPSA) is 64.3 Å². The minimum absolute atomic E-state index is 0.0229. The van der Waals surface area contributed by atoms with Gasteiger partial charge in [-0.1, -0.05) is 20.3 Å². The fraction of sp³-hybridized carbons (Fsp3) is 0.500. The molecule has 1 aromatic rings. The Morgan fingerprint density at radius 3 is 2.89 bits per heavy atom. The fourth-order valence-corrected chi connectivity index (χ4v) is 1.76. The fourth-order valence-electron chi connectivity index (χ4n) is 1.76. The predicted octanol–water partition coefficient (Wildman–Crippen LogP) is 2.80. The number of halogens is 1. The number of carbonyl (C=O) groups is 1. The zero-order valence-electron chi connectivity index (χ0n) is 11.4. The van der Waals surface area contributed by atoms with Crippen molar-refractivity contribution in [1.29, 1.82) is 0 Å². The standard InChI is InChI=1S/C14H21FN2O2/c1-3-4-10(2)8-19-9-14(18)17-13-6-5-11(15)7-12(13)16/h5-7,10H,3-4,8-9,16H2,1-2H3,(H,17,18). The average molecular weight is 268 g/mol. The summed E-state index contributed by atoms with van der Waals surface area (Å²) in [5.74, 6) is -0.282. The Kier molecular flexibility index (Phi) is 6.29. The van der Waals surface area contributed by atoms with Crippen LogP contribution < -0.4 is 11.1 Å². The molecule has 1 aromatic carbocycles. The summed E-state index contributed by atoms with van der Waals surface area (Å²) in [6, 6.07) is 3.85. The molecule has 0 aliphatic rings. The number of amides is 1. The number of benzene rings is 1. The first-order valence-electron chi connectivity index (χ1n) is 6.45. The van der Waals surface area contributed by atoms with Gasteiger partial charge < -0.3 is 15.8 Å². The summed E-state index contributed by atoms with van der Waals surface area (Å²) in [7, 11) is 0. The second-order valence-corrected chi connectivity index (χ2v) is 4.69. The van der Waals surface area contributed by atoms with Crippen LogP contribution in [0, 0.1) is 11.7 Å². The van der Waals surface area contributed by atoms with Crippen LogP contribution in [-0.4, -0.2) is 19.1 Å². The van der Waals surface area contributed by atoms with Gasteiger partial charge in [-0.3, -0.25) is 4.79 Å². The number of nitrogens with one attached hydrogen (secondary N) is 1. The molecule has 4 nitrogen and oxygen atoms in total. The molecule has 1 rings (SSSR count). The van der Waals surface area contributed by atoms with E-state index in [9.17, 15) is 9.18 Å². The van der Waals surface area contributed by atoms with Crippen LogP contribution in [0.25, 0.3) is 0 Å². The zero-order valence-corrected chi connectivity index (χ0v) is 11.4. The van der Waals surface area contributed by atoms with Crippen molar-refractivity contribution < 1.29 is 13.9 Å². The van der Waals surface area contributed by atoms with Gasteiger partial charge in [0.25, 0.3) is 0 Å². The number of rotatable bonds is 7. The lowest BCUT2D eigenvalue weighted by atomic mass is 10.1. The molecule has 0 bridgehead atoms. The largest absolute Gasteiger partial charge is 0.397 e. The van der Waals surface area contributed by atoms with E-state index in [0.29, 0.717) is 18.2 Å². The van der Waals surface area contributed by atoms with E-state index >= 15 is 0 Å². The maximum Gasteiger partial charge on any atom is 0.250 e. The summed E-state index contributed by atoms with van der Waals surface area (Å²) in [5, 5.41) is 2.59. The van der Waals surface area contributed by atoms with E-state index in [0.717, 1.165) is 12.8 Å². The molecular formula is C14H21FN2O2. The molecule has 106 valence electrons. The van der Waals surface area contributed by atoms with Crippen LogP contribution in [0.5, 0.6) is 0 Å². The Morgan fingerprint density at radius 1 is 1.53 bits per heavy atom. The van der Waals surface area contributed by atoms with Crippen LogP contribution in [0.4, 0.5) is 15.8 Å². The summed E-state index contributed by atoms with van der Waals surface area (Å²) < 4.78 is 18.2. The summed E-state index contributed by atoms with van der Waals surface area (Å²) in [6.45, 7) is 4.73. The summed E-state index contributed by atoms with van der Waals surface area (Å²) in [4.78, 5) is 11.6. The highest BCUT2D eigenvalue weighted by Gasteiger charge is 2.07. The highest BCUT2D eigenvalue weighted by atomic mass is 19.1. The van der Waals surface area contributed by atoms with Gasteiger partial charge in [-0.05, 0) is 30.5 Å². The molecule has 0 saturated carbocycles. The van der Waals surface area contributed by atoms with Crippen LogP contribution in [0.1, 0.15) is 26.7 Å². The summed E-state index contributed by atoms with van der Waals surface area (Å²) >= 11 is 0. The highest BCUT2D eigenvalue weighted by molar-refractivity contribution is 5.94. The summed E-state index contributed by atoms with van der Waals surface area (Å²) in [6.07, 6.45) is 2.18. The molecule has 1 amide bonds. The van der Waals surface area contributed by atoms with Crippen LogP contribution in [0.15, 0.2) is 18.2 Å². The second kappa shape index (κ2) is 7.74. The monoisotopic (exact) mass is 268 g/mol. The predicted molar refractivity (Wildman–Crippen MR) is 74.3 cm³/mol. The minimum atomic E-state index is -0.430. The van der Waals surface area contributed by atoms with Crippen LogP contribution in [0.2, 0.25) is 0 Å². The third kappa shape index (κ3) is 5.70. The number of hydrogen-bond donors (Lipinski definition) is 2. The highest BCUT2D eigenvalue weighted by Crippen LogP contribution is 2.18. The number of nitrogen functional groups attached to an aromatic ring is 1. The van der Waals surface area contributed by atoms with Crippen LogP contribution in [-0.2, 0) is 9.53 Å². The zero-order chi connectivity index (χ0) is 14.3. The van der Waals surface area contributed by atoms with E-state index in [1.807, 2.05) is 0 Å². The molecule has 3 N–H and O–H groups in total. The Balaban J connectivity index is 2.35. The van der Waals surface area contributed by atoms with Gasteiger partial charge in [-0.25, -0.2) is 4.39 Å².